The van der Waals surface area contributed by atoms with Crippen LogP contribution in [0.3, 0.4) is 0 Å². The Morgan fingerprint density at radius 1 is 1.15 bits per heavy atom. The highest BCUT2D eigenvalue weighted by atomic mass is 32.2. The molecule has 3 N–H and O–H groups in total. The van der Waals surface area contributed by atoms with Crippen LogP contribution in [-0.4, -0.2) is 35.2 Å². The van der Waals surface area contributed by atoms with Crippen LogP contribution in [0.1, 0.15) is 49.7 Å². The van der Waals surface area contributed by atoms with E-state index in [0.29, 0.717) is 17.8 Å². The number of nitrogens with two attached hydrogens (primary N) is 1. The fourth-order valence-corrected chi connectivity index (χ4v) is 4.05. The highest BCUT2D eigenvalue weighted by Crippen LogP contribution is 2.36. The van der Waals surface area contributed by atoms with Crippen molar-refractivity contribution in [3.05, 3.63) is 36.2 Å². The first-order chi connectivity index (χ1) is 13.2. The Morgan fingerprint density at radius 2 is 1.93 bits per heavy atom. The van der Waals surface area contributed by atoms with E-state index in [2.05, 4.69) is 35.8 Å². The van der Waals surface area contributed by atoms with Crippen molar-refractivity contribution in [1.29, 1.82) is 0 Å². The summed E-state index contributed by atoms with van der Waals surface area (Å²) in [6.07, 6.45) is 4.69. The molecule has 10 heteroatoms. The van der Waals surface area contributed by atoms with E-state index in [-0.39, 0.29) is 11.2 Å². The monoisotopic (exact) mass is 383 g/mol. The Kier molecular flexibility index (Phi) is 5.14. The van der Waals surface area contributed by atoms with Crippen LogP contribution in [0.15, 0.2) is 35.5 Å². The molecule has 1 atom stereocenters. The lowest BCUT2D eigenvalue weighted by atomic mass is 10.3. The lowest BCUT2D eigenvalue weighted by molar-refractivity contribution is 0.422. The molecule has 140 valence electrons. The van der Waals surface area contributed by atoms with E-state index in [0.717, 1.165) is 23.7 Å². The lowest BCUT2D eigenvalue weighted by Crippen LogP contribution is -2.11. The summed E-state index contributed by atoms with van der Waals surface area (Å²) in [5.74, 6) is 1.19. The van der Waals surface area contributed by atoms with Gasteiger partial charge in [-0.3, -0.25) is 0 Å². The molecule has 3 aromatic rings. The van der Waals surface area contributed by atoms with Gasteiger partial charge in [0.2, 0.25) is 17.1 Å². The van der Waals surface area contributed by atoms with Crippen LogP contribution >= 0.6 is 11.8 Å². The molecule has 2 aromatic heterocycles. The molecule has 9 nitrogen and oxygen atoms in total. The Morgan fingerprint density at radius 3 is 2.70 bits per heavy atom. The van der Waals surface area contributed by atoms with Gasteiger partial charge >= 0.3 is 0 Å². The molecule has 1 fully saturated rings. The summed E-state index contributed by atoms with van der Waals surface area (Å²) in [7, 11) is 0. The van der Waals surface area contributed by atoms with Gasteiger partial charge in [0.15, 0.2) is 0 Å². The normalized spacial score (nSPS) is 15.7. The number of nitrogen functional groups attached to an aromatic ring is 1. The molecule has 0 bridgehead atoms. The van der Waals surface area contributed by atoms with Crippen molar-refractivity contribution in [3.8, 4) is 0 Å². The molecule has 0 radical (unpaired) electrons. The highest BCUT2D eigenvalue weighted by Gasteiger charge is 2.24. The third kappa shape index (κ3) is 4.16. The standard InChI is InChI=1S/C17H21N9S/c1-11(27-17-23-24-25-26(17)13-9-5-6-10-13)14-20-15(18)22-16(21-14)19-12-7-3-2-4-8-12/h2-4,7-8,11,13H,5-6,9-10H2,1H3,(H3,18,19,20,21,22). The van der Waals surface area contributed by atoms with Crippen molar-refractivity contribution in [2.45, 2.75) is 49.1 Å². The molecule has 1 aliphatic carbocycles. The van der Waals surface area contributed by atoms with Gasteiger partial charge in [-0.1, -0.05) is 42.8 Å². The summed E-state index contributed by atoms with van der Waals surface area (Å²) in [5, 5.41) is 16.1. The highest BCUT2D eigenvalue weighted by molar-refractivity contribution is 7.99. The van der Waals surface area contributed by atoms with Crippen LogP contribution in [0.5, 0.6) is 0 Å². The van der Waals surface area contributed by atoms with Gasteiger partial charge in [0.25, 0.3) is 0 Å². The average Bonchev–Trinajstić information content (AvgIpc) is 3.33. The molecular formula is C17H21N9S. The van der Waals surface area contributed by atoms with Crippen molar-refractivity contribution < 1.29 is 0 Å². The van der Waals surface area contributed by atoms with Crippen LogP contribution in [0.4, 0.5) is 17.6 Å². The number of hydrogen-bond donors (Lipinski definition) is 2. The maximum absolute atomic E-state index is 5.90. The number of nitrogens with zero attached hydrogens (tertiary/aromatic N) is 7. The summed E-state index contributed by atoms with van der Waals surface area (Å²) in [4.78, 5) is 13.0. The van der Waals surface area contributed by atoms with E-state index in [1.165, 1.54) is 24.6 Å². The number of anilines is 3. The van der Waals surface area contributed by atoms with Gasteiger partial charge in [0.1, 0.15) is 5.82 Å². The van der Waals surface area contributed by atoms with E-state index in [9.17, 15) is 0 Å². The second-order valence-corrected chi connectivity index (χ2v) is 7.78. The molecule has 2 heterocycles. The number of para-hydroxylation sites is 1. The summed E-state index contributed by atoms with van der Waals surface area (Å²) in [6.45, 7) is 2.01. The fourth-order valence-electron chi connectivity index (χ4n) is 3.15. The summed E-state index contributed by atoms with van der Waals surface area (Å²) < 4.78 is 1.93. The Hall–Kier alpha value is -2.75. The topological polar surface area (TPSA) is 120 Å². The van der Waals surface area contributed by atoms with E-state index in [1.807, 2.05) is 41.9 Å². The number of tetrazole rings is 1. The largest absolute Gasteiger partial charge is 0.368 e. The fraction of sp³-hybridized carbons (Fsp3) is 0.412. The summed E-state index contributed by atoms with van der Waals surface area (Å²) in [6, 6.07) is 10.1. The van der Waals surface area contributed by atoms with Crippen molar-refractivity contribution in [1.82, 2.24) is 35.2 Å². The second-order valence-electron chi connectivity index (χ2n) is 6.47. The SMILES string of the molecule is CC(Sc1nnnn1C1CCCC1)c1nc(N)nc(Nc2ccccc2)n1. The molecule has 0 amide bonds. The molecule has 1 saturated carbocycles. The van der Waals surface area contributed by atoms with Gasteiger partial charge in [-0.15, -0.1) is 5.10 Å². The first-order valence-electron chi connectivity index (χ1n) is 8.97. The van der Waals surface area contributed by atoms with Gasteiger partial charge in [-0.2, -0.15) is 15.0 Å². The van der Waals surface area contributed by atoms with Gasteiger partial charge in [-0.05, 0) is 42.3 Å². The first-order valence-corrected chi connectivity index (χ1v) is 9.85. The van der Waals surface area contributed by atoms with Gasteiger partial charge < -0.3 is 11.1 Å². The molecule has 0 saturated heterocycles. The molecule has 1 aliphatic rings. The van der Waals surface area contributed by atoms with Crippen LogP contribution in [0, 0.1) is 0 Å². The van der Waals surface area contributed by atoms with Crippen LogP contribution in [0.25, 0.3) is 0 Å². The third-order valence-corrected chi connectivity index (χ3v) is 5.52. The number of benzene rings is 1. The lowest BCUT2D eigenvalue weighted by Gasteiger charge is -2.14. The zero-order chi connectivity index (χ0) is 18.6. The van der Waals surface area contributed by atoms with Crippen LogP contribution < -0.4 is 11.1 Å². The van der Waals surface area contributed by atoms with Crippen LogP contribution in [-0.2, 0) is 0 Å². The number of thioether (sulfide) groups is 1. The Bertz CT molecular complexity index is 892. The maximum Gasteiger partial charge on any atom is 0.232 e. The first kappa shape index (κ1) is 17.7. The Balaban J connectivity index is 1.52. The molecule has 4 rings (SSSR count). The van der Waals surface area contributed by atoms with Crippen molar-refractivity contribution in [2.75, 3.05) is 11.1 Å². The number of rotatable bonds is 6. The molecule has 27 heavy (non-hydrogen) atoms. The smallest absolute Gasteiger partial charge is 0.232 e. The summed E-state index contributed by atoms with van der Waals surface area (Å²) in [5.41, 5.74) is 6.79. The third-order valence-electron chi connectivity index (χ3n) is 4.48. The number of hydrogen-bond acceptors (Lipinski definition) is 9. The predicted molar refractivity (Wildman–Crippen MR) is 104 cm³/mol. The molecule has 0 spiro atoms. The number of aromatic nitrogens is 7. The minimum Gasteiger partial charge on any atom is -0.368 e. The zero-order valence-electron chi connectivity index (χ0n) is 15.0. The molecule has 1 aromatic carbocycles. The minimum atomic E-state index is -0.0715. The van der Waals surface area contributed by atoms with Crippen LogP contribution in [0.2, 0.25) is 0 Å². The van der Waals surface area contributed by atoms with Gasteiger partial charge in [0.05, 0.1) is 11.3 Å². The molecular weight excluding hydrogens is 362 g/mol. The van der Waals surface area contributed by atoms with Crippen molar-refractivity contribution >= 4 is 29.3 Å². The van der Waals surface area contributed by atoms with E-state index in [1.54, 1.807) is 0 Å². The van der Waals surface area contributed by atoms with Crippen molar-refractivity contribution in [3.63, 3.8) is 0 Å². The van der Waals surface area contributed by atoms with E-state index < -0.39 is 0 Å². The Labute approximate surface area is 161 Å². The van der Waals surface area contributed by atoms with Crippen molar-refractivity contribution in [2.24, 2.45) is 0 Å². The quantitative estimate of drug-likeness (QED) is 0.618. The minimum absolute atomic E-state index is 0.0715. The van der Waals surface area contributed by atoms with Gasteiger partial charge in [0, 0.05) is 5.69 Å². The zero-order valence-corrected chi connectivity index (χ0v) is 15.8. The molecule has 0 aliphatic heterocycles. The number of nitrogens with one attached hydrogen (secondary N) is 1. The molecule has 1 unspecified atom stereocenters. The van der Waals surface area contributed by atoms with Gasteiger partial charge in [-0.25, -0.2) is 4.68 Å². The maximum atomic E-state index is 5.90. The predicted octanol–water partition coefficient (Wildman–Crippen LogP) is 3.15. The van der Waals surface area contributed by atoms with E-state index >= 15 is 0 Å². The van der Waals surface area contributed by atoms with E-state index in [4.69, 9.17) is 5.73 Å². The summed E-state index contributed by atoms with van der Waals surface area (Å²) >= 11 is 1.53. The second kappa shape index (κ2) is 7.87. The average molecular weight is 383 g/mol.